The van der Waals surface area contributed by atoms with Crippen molar-refractivity contribution < 1.29 is 13.9 Å². The molecule has 0 saturated heterocycles. The minimum Gasteiger partial charge on any atom is -0.396 e. The number of aliphatic hydroxyl groups excluding tert-OH is 1. The fraction of sp³-hybridized carbons (Fsp3) is 1.00. The fourth-order valence-corrected chi connectivity index (χ4v) is 1.01. The summed E-state index contributed by atoms with van der Waals surface area (Å²) in [6.45, 7) is -0.403. The van der Waals surface area contributed by atoms with Crippen LogP contribution in [0.1, 0.15) is 25.7 Å². The highest BCUT2D eigenvalue weighted by molar-refractivity contribution is 4.80. The summed E-state index contributed by atoms with van der Waals surface area (Å²) in [4.78, 5) is 0. The summed E-state index contributed by atoms with van der Waals surface area (Å²) in [5, 5.41) is 8.26. The largest absolute Gasteiger partial charge is 0.396 e. The van der Waals surface area contributed by atoms with Crippen LogP contribution in [-0.2, 0) is 0 Å². The predicted molar refractivity (Wildman–Crippen MR) is 34.0 cm³/mol. The Balaban J connectivity index is 2.19. The zero-order chi connectivity index (χ0) is 7.61. The van der Waals surface area contributed by atoms with Crippen LogP contribution in [0, 0.1) is 5.92 Å². The molecule has 1 nitrogen and oxygen atoms in total. The Morgan fingerprint density at radius 1 is 1.40 bits per heavy atom. The third kappa shape index (κ3) is 2.60. The molecule has 3 heteroatoms. The topological polar surface area (TPSA) is 20.2 Å². The van der Waals surface area contributed by atoms with Gasteiger partial charge in [0.2, 0.25) is 0 Å². The molecule has 0 atom stereocenters. The van der Waals surface area contributed by atoms with Gasteiger partial charge in [0.25, 0.3) is 5.92 Å². The predicted octanol–water partition coefficient (Wildman–Crippen LogP) is 1.80. The lowest BCUT2D eigenvalue weighted by Gasteiger charge is -2.13. The molecule has 10 heavy (non-hydrogen) atoms. The van der Waals surface area contributed by atoms with Crippen molar-refractivity contribution in [1.82, 2.24) is 0 Å². The zero-order valence-electron chi connectivity index (χ0n) is 5.82. The summed E-state index contributed by atoms with van der Waals surface area (Å²) in [6.07, 6.45) is 1.50. The Morgan fingerprint density at radius 2 is 2.00 bits per heavy atom. The van der Waals surface area contributed by atoms with E-state index in [1.54, 1.807) is 0 Å². The van der Waals surface area contributed by atoms with Crippen molar-refractivity contribution in [2.75, 3.05) is 6.61 Å². The minimum atomic E-state index is -2.62. The van der Waals surface area contributed by atoms with E-state index >= 15 is 0 Å². The monoisotopic (exact) mass is 150 g/mol. The van der Waals surface area contributed by atoms with Crippen LogP contribution in [-0.4, -0.2) is 17.6 Å². The van der Waals surface area contributed by atoms with Gasteiger partial charge in [-0.05, 0) is 18.8 Å². The first-order valence-corrected chi connectivity index (χ1v) is 3.63. The zero-order valence-corrected chi connectivity index (χ0v) is 5.82. The van der Waals surface area contributed by atoms with Crippen molar-refractivity contribution in [1.29, 1.82) is 0 Å². The third-order valence-electron chi connectivity index (χ3n) is 1.76. The lowest BCUT2D eigenvalue weighted by atomic mass is 10.1. The van der Waals surface area contributed by atoms with Crippen LogP contribution in [0.4, 0.5) is 8.78 Å². The molecule has 0 unspecified atom stereocenters. The highest BCUT2D eigenvalue weighted by atomic mass is 19.3. The van der Waals surface area contributed by atoms with Crippen molar-refractivity contribution in [3.63, 3.8) is 0 Å². The van der Waals surface area contributed by atoms with E-state index in [1.807, 2.05) is 0 Å². The lowest BCUT2D eigenvalue weighted by molar-refractivity contribution is -0.0335. The van der Waals surface area contributed by atoms with E-state index in [9.17, 15) is 8.78 Å². The Morgan fingerprint density at radius 3 is 2.40 bits per heavy atom. The highest BCUT2D eigenvalue weighted by Gasteiger charge is 2.36. The van der Waals surface area contributed by atoms with Crippen molar-refractivity contribution in [2.45, 2.75) is 31.6 Å². The summed E-state index contributed by atoms with van der Waals surface area (Å²) in [7, 11) is 0. The van der Waals surface area contributed by atoms with E-state index < -0.39 is 12.5 Å². The van der Waals surface area contributed by atoms with Crippen LogP contribution >= 0.6 is 0 Å². The summed E-state index contributed by atoms with van der Waals surface area (Å²) >= 11 is 0. The number of hydrogen-bond donors (Lipinski definition) is 1. The average molecular weight is 150 g/mol. The standard InChI is InChI=1S/C7H12F2O/c8-7(9,3-4-10)5-6-1-2-6/h6,10H,1-5H2. The summed E-state index contributed by atoms with van der Waals surface area (Å²) in [6, 6.07) is 0. The van der Waals surface area contributed by atoms with Gasteiger partial charge in [0.1, 0.15) is 0 Å². The van der Waals surface area contributed by atoms with Crippen LogP contribution in [0.5, 0.6) is 0 Å². The number of alkyl halides is 2. The normalized spacial score (nSPS) is 19.5. The summed E-state index contributed by atoms with van der Waals surface area (Å²) in [5.74, 6) is -2.38. The van der Waals surface area contributed by atoms with Gasteiger partial charge in [-0.3, -0.25) is 0 Å². The molecule has 1 saturated carbocycles. The molecule has 0 bridgehead atoms. The van der Waals surface area contributed by atoms with Crippen molar-refractivity contribution in [3.05, 3.63) is 0 Å². The van der Waals surface area contributed by atoms with Crippen LogP contribution in [0.15, 0.2) is 0 Å². The first-order chi connectivity index (χ1) is 4.64. The Kier molecular flexibility index (Phi) is 2.24. The molecule has 0 spiro atoms. The first-order valence-electron chi connectivity index (χ1n) is 3.63. The lowest BCUT2D eigenvalue weighted by Crippen LogP contribution is -2.18. The second kappa shape index (κ2) is 2.82. The SMILES string of the molecule is OCCC(F)(F)CC1CC1. The van der Waals surface area contributed by atoms with Gasteiger partial charge in [0.15, 0.2) is 0 Å². The van der Waals surface area contributed by atoms with E-state index in [-0.39, 0.29) is 18.8 Å². The van der Waals surface area contributed by atoms with Crippen LogP contribution in [0.25, 0.3) is 0 Å². The maximum Gasteiger partial charge on any atom is 0.250 e. The molecule has 60 valence electrons. The number of hydrogen-bond acceptors (Lipinski definition) is 1. The molecule has 0 aromatic rings. The molecular formula is C7H12F2O. The van der Waals surface area contributed by atoms with Gasteiger partial charge in [-0.2, -0.15) is 0 Å². The highest BCUT2D eigenvalue weighted by Crippen LogP contribution is 2.40. The molecule has 1 N–H and O–H groups in total. The van der Waals surface area contributed by atoms with Gasteiger partial charge in [-0.15, -0.1) is 0 Å². The Hall–Kier alpha value is -0.180. The second-order valence-corrected chi connectivity index (χ2v) is 2.98. The molecule has 0 aromatic heterocycles. The molecule has 0 heterocycles. The van der Waals surface area contributed by atoms with Crippen LogP contribution in [0.3, 0.4) is 0 Å². The molecule has 1 fully saturated rings. The molecule has 0 aliphatic heterocycles. The van der Waals surface area contributed by atoms with Gasteiger partial charge >= 0.3 is 0 Å². The van der Waals surface area contributed by atoms with E-state index in [1.165, 1.54) is 0 Å². The van der Waals surface area contributed by atoms with Gasteiger partial charge in [0, 0.05) is 19.4 Å². The van der Waals surface area contributed by atoms with Gasteiger partial charge < -0.3 is 5.11 Å². The van der Waals surface area contributed by atoms with Crippen molar-refractivity contribution in [2.24, 2.45) is 5.92 Å². The Labute approximate surface area is 59.0 Å². The van der Waals surface area contributed by atoms with Crippen molar-refractivity contribution >= 4 is 0 Å². The van der Waals surface area contributed by atoms with Crippen LogP contribution in [0.2, 0.25) is 0 Å². The quantitative estimate of drug-likeness (QED) is 0.648. The van der Waals surface area contributed by atoms with Crippen molar-refractivity contribution in [3.8, 4) is 0 Å². The average Bonchev–Trinajstić information content (AvgIpc) is 2.48. The molecule has 1 rings (SSSR count). The maximum absolute atomic E-state index is 12.6. The van der Waals surface area contributed by atoms with E-state index in [4.69, 9.17) is 5.11 Å². The first kappa shape index (κ1) is 7.92. The molecule has 0 aromatic carbocycles. The van der Waals surface area contributed by atoms with Gasteiger partial charge in [-0.1, -0.05) is 0 Å². The molecule has 0 amide bonds. The third-order valence-corrected chi connectivity index (χ3v) is 1.76. The molecular weight excluding hydrogens is 138 g/mol. The molecule has 1 aliphatic carbocycles. The number of aliphatic hydroxyl groups is 1. The molecule has 0 radical (unpaired) electrons. The Bertz CT molecular complexity index is 110. The van der Waals surface area contributed by atoms with E-state index in [0.29, 0.717) is 0 Å². The molecule has 1 aliphatic rings. The summed E-state index contributed by atoms with van der Waals surface area (Å²) in [5.41, 5.74) is 0. The minimum absolute atomic E-state index is 0.0203. The van der Waals surface area contributed by atoms with Crippen LogP contribution < -0.4 is 0 Å². The second-order valence-electron chi connectivity index (χ2n) is 2.98. The summed E-state index contributed by atoms with van der Waals surface area (Å²) < 4.78 is 25.1. The number of halogens is 2. The smallest absolute Gasteiger partial charge is 0.250 e. The maximum atomic E-state index is 12.6. The fourth-order valence-electron chi connectivity index (χ4n) is 1.01. The van der Waals surface area contributed by atoms with Gasteiger partial charge in [0.05, 0.1) is 0 Å². The van der Waals surface area contributed by atoms with E-state index in [2.05, 4.69) is 0 Å². The van der Waals surface area contributed by atoms with Gasteiger partial charge in [-0.25, -0.2) is 8.78 Å². The van der Waals surface area contributed by atoms with E-state index in [0.717, 1.165) is 12.8 Å². The number of rotatable bonds is 4.